The van der Waals surface area contributed by atoms with Crippen LogP contribution in [0.5, 0.6) is 0 Å². The molecule has 3 nitrogen and oxygen atoms in total. The summed E-state index contributed by atoms with van der Waals surface area (Å²) in [4.78, 5) is 0. The molecule has 0 aliphatic heterocycles. The van der Waals surface area contributed by atoms with E-state index in [0.29, 0.717) is 0 Å². The van der Waals surface area contributed by atoms with Gasteiger partial charge in [0.2, 0.25) is 0 Å². The van der Waals surface area contributed by atoms with Gasteiger partial charge in [0, 0.05) is 25.8 Å². The third kappa shape index (κ3) is 5.63. The summed E-state index contributed by atoms with van der Waals surface area (Å²) in [5, 5.41) is 0. The maximum absolute atomic E-state index is 10.7. The van der Waals surface area contributed by atoms with Crippen molar-refractivity contribution in [2.24, 2.45) is 0 Å². The fourth-order valence-electron chi connectivity index (χ4n) is 0. The Kier molecular flexibility index (Phi) is 8.00. The molecule has 9 heteroatoms. The van der Waals surface area contributed by atoms with Crippen LogP contribution in [-0.2, 0) is 36.0 Å². The molecule has 0 saturated carbocycles. The van der Waals surface area contributed by atoms with E-state index in [-0.39, 0.29) is 38.3 Å². The van der Waals surface area contributed by atoms with Gasteiger partial charge in [-0.25, -0.2) is 8.42 Å². The quantitative estimate of drug-likeness (QED) is 0.330. The average molecular weight is 229 g/mol. The predicted octanol–water partition coefficient (Wildman–Crippen LogP) is -2.95. The van der Waals surface area contributed by atoms with E-state index in [0.717, 1.165) is 0 Å². The third-order valence-electron chi connectivity index (χ3n) is 0.283. The van der Waals surface area contributed by atoms with E-state index in [2.05, 4.69) is 0 Å². The van der Waals surface area contributed by atoms with Crippen LogP contribution >= 0.6 is 0 Å². The van der Waals surface area contributed by atoms with Crippen molar-refractivity contribution >= 4 is 10.1 Å². The Labute approximate surface area is 79.9 Å². The number of hydrogen-bond acceptors (Lipinski definition) is 3. The Morgan fingerprint density at radius 1 is 1.20 bits per heavy atom. The van der Waals surface area contributed by atoms with Crippen LogP contribution in [0.15, 0.2) is 0 Å². The van der Waals surface area contributed by atoms with Crippen molar-refractivity contribution in [3.63, 3.8) is 0 Å². The van der Waals surface area contributed by atoms with Crippen molar-refractivity contribution in [3.05, 3.63) is 0 Å². The van der Waals surface area contributed by atoms with Crippen LogP contribution in [0.3, 0.4) is 0 Å². The number of rotatable bonds is 0. The molecule has 0 saturated heterocycles. The fourth-order valence-corrected chi connectivity index (χ4v) is 0. The summed E-state index contributed by atoms with van der Waals surface area (Å²) in [6.07, 6.45) is 0. The molecular weight excluding hydrogens is 229 g/mol. The molecule has 0 aliphatic rings. The van der Waals surface area contributed by atoms with Gasteiger partial charge in [-0.2, -0.15) is 13.2 Å². The van der Waals surface area contributed by atoms with E-state index < -0.39 is 15.6 Å². The molecule has 61 valence electrons. The summed E-state index contributed by atoms with van der Waals surface area (Å²) in [5.41, 5.74) is -5.65. The van der Waals surface area contributed by atoms with Gasteiger partial charge in [0.25, 0.3) is 0 Å². The number of alkyl halides is 3. The molecule has 0 fully saturated rings. The summed E-state index contributed by atoms with van der Waals surface area (Å²) in [7, 11) is -6.09. The molecule has 0 atom stereocenters. The molecule has 0 spiro atoms. The molecule has 0 aromatic carbocycles. The Morgan fingerprint density at radius 2 is 1.30 bits per heavy atom. The van der Waals surface area contributed by atoms with Gasteiger partial charge in [0.1, 0.15) is 0 Å². The van der Waals surface area contributed by atoms with Gasteiger partial charge in [-0.3, -0.25) is 0 Å². The molecule has 0 amide bonds. The molecule has 0 bridgehead atoms. The number of hydrogen-bond donors (Lipinski definition) is 0. The maximum Gasteiger partial charge on any atom is 0.485 e. The maximum atomic E-state index is 10.7. The van der Waals surface area contributed by atoms with Gasteiger partial charge in [-0.15, -0.1) is 0 Å². The van der Waals surface area contributed by atoms with Gasteiger partial charge >= 0.3 is 5.51 Å². The van der Waals surface area contributed by atoms with E-state index in [1.165, 1.54) is 0 Å². The van der Waals surface area contributed by atoms with Crippen LogP contribution in [0.1, 0.15) is 0 Å². The minimum atomic E-state index is -6.09. The second-order valence-corrected chi connectivity index (χ2v) is 2.27. The Balaban J connectivity index is -0.000000245. The van der Waals surface area contributed by atoms with Gasteiger partial charge < -0.3 is 17.0 Å². The minimum absolute atomic E-state index is 0. The smallest absolute Gasteiger partial charge is 0.485 e. The molecule has 0 aromatic heterocycles. The normalized spacial score (nSPS) is 11.2. The molecule has 0 heterocycles. The van der Waals surface area contributed by atoms with E-state index in [4.69, 9.17) is 13.0 Å². The van der Waals surface area contributed by atoms with Crippen molar-refractivity contribution in [3.8, 4) is 0 Å². The van der Waals surface area contributed by atoms with E-state index in [1.807, 2.05) is 0 Å². The van der Waals surface area contributed by atoms with Crippen LogP contribution in [0.4, 0.5) is 13.2 Å². The first-order valence-corrected chi connectivity index (χ1v) is 2.68. The average Bonchev–Trinajstić information content (AvgIpc) is 1.25. The minimum Gasteiger partial charge on any atom is -1.00 e. The van der Waals surface area contributed by atoms with E-state index in [1.54, 1.807) is 0 Å². The summed E-state index contributed by atoms with van der Waals surface area (Å²) in [6.45, 7) is 0. The molecule has 0 N–H and O–H groups in total. The van der Waals surface area contributed by atoms with Crippen molar-refractivity contribution in [2.75, 3.05) is 0 Å². The summed E-state index contributed by atoms with van der Waals surface area (Å²) < 4.78 is 58.9. The summed E-state index contributed by atoms with van der Waals surface area (Å²) >= 11 is 0. The number of halogens is 4. The second kappa shape index (κ2) is 4.68. The molecule has 0 aromatic rings. The van der Waals surface area contributed by atoms with Crippen molar-refractivity contribution in [2.45, 2.75) is 5.51 Å². The van der Waals surface area contributed by atoms with Crippen LogP contribution < -0.4 is 12.4 Å². The van der Waals surface area contributed by atoms with Gasteiger partial charge in [0.05, 0.1) is 0 Å². The first-order valence-electron chi connectivity index (χ1n) is 1.27. The Hall–Kier alpha value is 0.860. The fraction of sp³-hybridized carbons (Fsp3) is 1.00. The van der Waals surface area contributed by atoms with E-state index in [9.17, 15) is 13.2 Å². The first kappa shape index (κ1) is 17.1. The molecular formula is CClF3O3SSc-2. The second-order valence-electron chi connectivity index (χ2n) is 0.900. The summed E-state index contributed by atoms with van der Waals surface area (Å²) in [6, 6.07) is 0. The van der Waals surface area contributed by atoms with Gasteiger partial charge in [0.15, 0.2) is 10.1 Å². The van der Waals surface area contributed by atoms with Gasteiger partial charge in [-0.05, 0) is 0 Å². The largest absolute Gasteiger partial charge is 1.00 e. The molecule has 1 radical (unpaired) electrons. The molecule has 0 rings (SSSR count). The molecule has 10 heavy (non-hydrogen) atoms. The first-order chi connectivity index (χ1) is 3.25. The van der Waals surface area contributed by atoms with Crippen molar-refractivity contribution in [1.82, 2.24) is 0 Å². The van der Waals surface area contributed by atoms with E-state index >= 15 is 0 Å². The van der Waals surface area contributed by atoms with Crippen LogP contribution in [0.25, 0.3) is 0 Å². The molecule has 0 unspecified atom stereocenters. The van der Waals surface area contributed by atoms with Gasteiger partial charge in [-0.1, -0.05) is 0 Å². The topological polar surface area (TPSA) is 57.2 Å². The zero-order valence-corrected chi connectivity index (χ0v) is 7.60. The molecule has 0 aliphatic carbocycles. The van der Waals surface area contributed by atoms with Crippen molar-refractivity contribution < 1.29 is 64.4 Å². The zero-order valence-electron chi connectivity index (χ0n) is 4.22. The Morgan fingerprint density at radius 3 is 1.30 bits per heavy atom. The van der Waals surface area contributed by atoms with Crippen LogP contribution in [0, 0.1) is 0 Å². The monoisotopic (exact) mass is 229 g/mol. The SMILES string of the molecule is O=S(=O)([O-])C(F)(F)F.[Cl-].[Sc]. The van der Waals surface area contributed by atoms with Crippen molar-refractivity contribution in [1.29, 1.82) is 0 Å². The van der Waals surface area contributed by atoms with Crippen LogP contribution in [0.2, 0.25) is 0 Å². The standard InChI is InChI=1S/CHF3O3S.ClH.Sc/c2-1(3,4)8(5,6)7;;/h(H,5,6,7);1H;/p-2. The predicted molar refractivity (Wildman–Crippen MR) is 15.8 cm³/mol. The van der Waals surface area contributed by atoms with Crippen LogP contribution in [-0.4, -0.2) is 18.5 Å². The Bertz CT molecular complexity index is 173. The zero-order chi connectivity index (χ0) is 7.00. The summed E-state index contributed by atoms with van der Waals surface area (Å²) in [5.74, 6) is 0. The third-order valence-corrected chi connectivity index (χ3v) is 0.850.